The standard InChI is InChI=1S/C18H16N4O4S/c1-3-12-26-18-20-17(13-4-8-15(25-2)9-5-13)22(21-18)14-6-10-16(11-7-14)27(19,23)24/h1,4-11H,12H2,2H3,(H2,19,23,24). The maximum absolute atomic E-state index is 11.4. The Hall–Kier alpha value is -3.35. The first-order chi connectivity index (χ1) is 12.9. The zero-order valence-corrected chi connectivity index (χ0v) is 15.2. The molecule has 3 aromatic rings. The molecule has 0 aliphatic carbocycles. The van der Waals surface area contributed by atoms with Gasteiger partial charge in [0.2, 0.25) is 10.0 Å². The van der Waals surface area contributed by atoms with Gasteiger partial charge in [-0.05, 0) is 48.5 Å². The van der Waals surface area contributed by atoms with E-state index in [1.54, 1.807) is 31.4 Å². The van der Waals surface area contributed by atoms with E-state index in [1.807, 2.05) is 12.1 Å². The van der Waals surface area contributed by atoms with Crippen LogP contribution in [-0.4, -0.2) is 36.9 Å². The van der Waals surface area contributed by atoms with Gasteiger partial charge in [0.15, 0.2) is 12.4 Å². The summed E-state index contributed by atoms with van der Waals surface area (Å²) in [5, 5.41) is 9.44. The molecule has 0 saturated heterocycles. The zero-order valence-electron chi connectivity index (χ0n) is 14.4. The highest BCUT2D eigenvalue weighted by Gasteiger charge is 2.16. The van der Waals surface area contributed by atoms with Crippen LogP contribution in [0.2, 0.25) is 0 Å². The molecular weight excluding hydrogens is 368 g/mol. The van der Waals surface area contributed by atoms with Crippen LogP contribution in [0.25, 0.3) is 17.1 Å². The molecule has 0 aliphatic heterocycles. The van der Waals surface area contributed by atoms with E-state index in [9.17, 15) is 8.42 Å². The van der Waals surface area contributed by atoms with Crippen LogP contribution in [0.5, 0.6) is 11.8 Å². The summed E-state index contributed by atoms with van der Waals surface area (Å²) in [5.41, 5.74) is 1.34. The fourth-order valence-corrected chi connectivity index (χ4v) is 2.86. The largest absolute Gasteiger partial charge is 0.497 e. The molecule has 27 heavy (non-hydrogen) atoms. The monoisotopic (exact) mass is 384 g/mol. The Bertz CT molecular complexity index is 1080. The number of ether oxygens (including phenoxy) is 2. The quantitative estimate of drug-likeness (QED) is 0.647. The smallest absolute Gasteiger partial charge is 0.337 e. The summed E-state index contributed by atoms with van der Waals surface area (Å²) in [6.07, 6.45) is 5.21. The molecule has 138 valence electrons. The summed E-state index contributed by atoms with van der Waals surface area (Å²) in [7, 11) is -2.20. The molecule has 0 aliphatic rings. The van der Waals surface area contributed by atoms with Gasteiger partial charge in [0.25, 0.3) is 0 Å². The van der Waals surface area contributed by atoms with Gasteiger partial charge in [-0.25, -0.2) is 18.2 Å². The molecule has 0 spiro atoms. The highest BCUT2D eigenvalue weighted by atomic mass is 32.2. The summed E-state index contributed by atoms with van der Waals surface area (Å²) in [5.74, 6) is 3.55. The van der Waals surface area contributed by atoms with E-state index in [0.29, 0.717) is 17.3 Å². The van der Waals surface area contributed by atoms with Crippen LogP contribution >= 0.6 is 0 Å². The number of aromatic nitrogens is 3. The van der Waals surface area contributed by atoms with Gasteiger partial charge in [-0.3, -0.25) is 0 Å². The van der Waals surface area contributed by atoms with Crippen LogP contribution in [0.1, 0.15) is 0 Å². The fourth-order valence-electron chi connectivity index (χ4n) is 2.34. The van der Waals surface area contributed by atoms with Gasteiger partial charge >= 0.3 is 6.01 Å². The first-order valence-electron chi connectivity index (χ1n) is 7.73. The minimum atomic E-state index is -3.78. The van der Waals surface area contributed by atoms with Crippen LogP contribution in [-0.2, 0) is 10.0 Å². The van der Waals surface area contributed by atoms with Crippen molar-refractivity contribution in [3.8, 4) is 41.2 Å². The number of primary sulfonamides is 1. The highest BCUT2D eigenvalue weighted by molar-refractivity contribution is 7.89. The van der Waals surface area contributed by atoms with Crippen molar-refractivity contribution in [3.63, 3.8) is 0 Å². The van der Waals surface area contributed by atoms with E-state index >= 15 is 0 Å². The van der Waals surface area contributed by atoms with Crippen LogP contribution < -0.4 is 14.6 Å². The molecule has 0 amide bonds. The first-order valence-corrected chi connectivity index (χ1v) is 9.28. The lowest BCUT2D eigenvalue weighted by Crippen LogP contribution is -2.12. The Morgan fingerprint density at radius 3 is 2.37 bits per heavy atom. The van der Waals surface area contributed by atoms with Crippen molar-refractivity contribution in [1.29, 1.82) is 0 Å². The average Bonchev–Trinajstić information content (AvgIpc) is 3.10. The molecule has 3 rings (SSSR count). The van der Waals surface area contributed by atoms with Crippen LogP contribution in [0, 0.1) is 12.3 Å². The van der Waals surface area contributed by atoms with E-state index in [1.165, 1.54) is 16.8 Å². The molecule has 0 radical (unpaired) electrons. The molecule has 0 fully saturated rings. The van der Waals surface area contributed by atoms with Crippen molar-refractivity contribution in [2.75, 3.05) is 13.7 Å². The predicted molar refractivity (Wildman–Crippen MR) is 99.0 cm³/mol. The molecule has 0 saturated carbocycles. The second-order valence-corrected chi connectivity index (χ2v) is 6.95. The van der Waals surface area contributed by atoms with Crippen molar-refractivity contribution in [2.24, 2.45) is 5.14 Å². The number of sulfonamides is 1. The zero-order chi connectivity index (χ0) is 19.4. The van der Waals surface area contributed by atoms with E-state index in [2.05, 4.69) is 16.0 Å². The molecule has 9 heteroatoms. The molecule has 2 N–H and O–H groups in total. The second-order valence-electron chi connectivity index (χ2n) is 5.39. The summed E-state index contributed by atoms with van der Waals surface area (Å²) in [6, 6.07) is 13.3. The molecule has 8 nitrogen and oxygen atoms in total. The van der Waals surface area contributed by atoms with Gasteiger partial charge in [-0.2, -0.15) is 4.98 Å². The summed E-state index contributed by atoms with van der Waals surface area (Å²) >= 11 is 0. The maximum Gasteiger partial charge on any atom is 0.337 e. The van der Waals surface area contributed by atoms with Crippen molar-refractivity contribution in [1.82, 2.24) is 14.8 Å². The van der Waals surface area contributed by atoms with Crippen molar-refractivity contribution < 1.29 is 17.9 Å². The minimum Gasteiger partial charge on any atom is -0.497 e. The molecule has 1 heterocycles. The number of nitrogens with zero attached hydrogens (tertiary/aromatic N) is 3. The van der Waals surface area contributed by atoms with Crippen molar-refractivity contribution >= 4 is 10.0 Å². The molecule has 0 unspecified atom stereocenters. The van der Waals surface area contributed by atoms with E-state index in [4.69, 9.17) is 21.0 Å². The maximum atomic E-state index is 11.4. The van der Waals surface area contributed by atoms with Gasteiger partial charge in [0.05, 0.1) is 17.7 Å². The molecule has 0 bridgehead atoms. The predicted octanol–water partition coefficient (Wildman–Crippen LogP) is 1.60. The topological polar surface area (TPSA) is 109 Å². The lowest BCUT2D eigenvalue weighted by Gasteiger charge is -2.07. The number of terminal acetylenes is 1. The van der Waals surface area contributed by atoms with Gasteiger partial charge < -0.3 is 9.47 Å². The van der Waals surface area contributed by atoms with E-state index in [0.717, 1.165) is 5.56 Å². The highest BCUT2D eigenvalue weighted by Crippen LogP contribution is 2.26. The SMILES string of the molecule is C#CCOc1nc(-c2ccc(OC)cc2)n(-c2ccc(S(N)(=O)=O)cc2)n1. The number of benzene rings is 2. The third-order valence-electron chi connectivity index (χ3n) is 3.63. The number of nitrogens with two attached hydrogens (primary N) is 1. The Balaban J connectivity index is 2.07. The fraction of sp³-hybridized carbons (Fsp3) is 0.111. The summed E-state index contributed by atoms with van der Waals surface area (Å²) < 4.78 is 34.9. The molecule has 0 atom stereocenters. The van der Waals surface area contributed by atoms with Crippen LogP contribution in [0.3, 0.4) is 0 Å². The number of methoxy groups -OCH3 is 1. The summed E-state index contributed by atoms with van der Waals surface area (Å²) in [4.78, 5) is 4.37. The average molecular weight is 384 g/mol. The van der Waals surface area contributed by atoms with Crippen LogP contribution in [0.4, 0.5) is 0 Å². The lowest BCUT2D eigenvalue weighted by atomic mass is 10.2. The number of rotatable bonds is 6. The third-order valence-corrected chi connectivity index (χ3v) is 4.56. The molecule has 1 aromatic heterocycles. The normalized spacial score (nSPS) is 11.0. The van der Waals surface area contributed by atoms with Gasteiger partial charge in [0.1, 0.15) is 5.75 Å². The Labute approximate surface area is 156 Å². The summed E-state index contributed by atoms with van der Waals surface area (Å²) in [6.45, 7) is 0.0242. The van der Waals surface area contributed by atoms with E-state index < -0.39 is 10.0 Å². The van der Waals surface area contributed by atoms with Crippen molar-refractivity contribution in [3.05, 3.63) is 48.5 Å². The van der Waals surface area contributed by atoms with Crippen molar-refractivity contribution in [2.45, 2.75) is 4.90 Å². The Morgan fingerprint density at radius 1 is 1.15 bits per heavy atom. The van der Waals surface area contributed by atoms with Gasteiger partial charge in [-0.15, -0.1) is 11.5 Å². The molecule has 2 aromatic carbocycles. The Kier molecular flexibility index (Phi) is 5.12. The van der Waals surface area contributed by atoms with Gasteiger partial charge in [0, 0.05) is 5.56 Å². The van der Waals surface area contributed by atoms with E-state index in [-0.39, 0.29) is 17.5 Å². The minimum absolute atomic E-state index is 0.00108. The molecular formula is C18H16N4O4S. The Morgan fingerprint density at radius 2 is 1.81 bits per heavy atom. The second kappa shape index (κ2) is 7.49. The lowest BCUT2D eigenvalue weighted by molar-refractivity contribution is 0.340. The number of hydrogen-bond acceptors (Lipinski definition) is 6. The number of hydrogen-bond donors (Lipinski definition) is 1. The first kappa shape index (κ1) is 18.4. The van der Waals surface area contributed by atoms with Crippen LogP contribution in [0.15, 0.2) is 53.4 Å². The van der Waals surface area contributed by atoms with Gasteiger partial charge in [-0.1, -0.05) is 5.92 Å². The third kappa shape index (κ3) is 4.08.